The SMILES string of the molecule is C[C@@H]1CN(CC(=O)N2C[C@](C)(c3ccccc3)c3ccc(C#N)cc32)[C@@H](Cn2cccn2)CN1. The van der Waals surface area contributed by atoms with Crippen LogP contribution < -0.4 is 10.2 Å². The summed E-state index contributed by atoms with van der Waals surface area (Å²) in [5.74, 6) is 0.0653. The van der Waals surface area contributed by atoms with Gasteiger partial charge in [-0.25, -0.2) is 0 Å². The van der Waals surface area contributed by atoms with Gasteiger partial charge in [0.15, 0.2) is 0 Å². The predicted octanol–water partition coefficient (Wildman–Crippen LogP) is 2.77. The summed E-state index contributed by atoms with van der Waals surface area (Å²) >= 11 is 0. The summed E-state index contributed by atoms with van der Waals surface area (Å²) in [6, 6.07) is 20.7. The highest BCUT2D eigenvalue weighted by molar-refractivity contribution is 5.98. The molecule has 0 spiro atoms. The molecule has 0 bridgehead atoms. The zero-order valence-corrected chi connectivity index (χ0v) is 19.7. The van der Waals surface area contributed by atoms with Gasteiger partial charge >= 0.3 is 0 Å². The van der Waals surface area contributed by atoms with Gasteiger partial charge in [0, 0.05) is 55.2 Å². The molecule has 0 radical (unpaired) electrons. The van der Waals surface area contributed by atoms with E-state index >= 15 is 0 Å². The molecule has 3 aromatic rings. The molecule has 1 amide bonds. The molecule has 34 heavy (non-hydrogen) atoms. The van der Waals surface area contributed by atoms with E-state index in [2.05, 4.69) is 47.4 Å². The first-order chi connectivity index (χ1) is 16.5. The van der Waals surface area contributed by atoms with Crippen LogP contribution in [0.3, 0.4) is 0 Å². The Labute approximate surface area is 200 Å². The number of anilines is 1. The van der Waals surface area contributed by atoms with Gasteiger partial charge < -0.3 is 10.2 Å². The normalized spacial score (nSPS) is 24.6. The van der Waals surface area contributed by atoms with Crippen molar-refractivity contribution in [3.63, 3.8) is 0 Å². The molecule has 1 aromatic heterocycles. The minimum Gasteiger partial charge on any atom is -0.311 e. The number of nitriles is 1. The summed E-state index contributed by atoms with van der Waals surface area (Å²) in [5, 5.41) is 17.4. The monoisotopic (exact) mass is 454 g/mol. The molecule has 0 unspecified atom stereocenters. The third kappa shape index (κ3) is 4.11. The summed E-state index contributed by atoms with van der Waals surface area (Å²) in [5.41, 5.74) is 3.35. The molecule has 5 rings (SSSR count). The fraction of sp³-hybridized carbons (Fsp3) is 0.370. The number of carbonyl (C=O) groups is 1. The second-order valence-corrected chi connectivity index (χ2v) is 9.64. The smallest absolute Gasteiger partial charge is 0.241 e. The molecule has 1 saturated heterocycles. The Hall–Kier alpha value is -3.47. The highest BCUT2D eigenvalue weighted by Crippen LogP contribution is 2.45. The van der Waals surface area contributed by atoms with E-state index in [9.17, 15) is 10.1 Å². The van der Waals surface area contributed by atoms with Gasteiger partial charge in [-0.15, -0.1) is 0 Å². The minimum absolute atomic E-state index is 0.0653. The van der Waals surface area contributed by atoms with Gasteiger partial charge in [-0.1, -0.05) is 36.4 Å². The zero-order valence-electron chi connectivity index (χ0n) is 19.7. The Bertz CT molecular complexity index is 1200. The van der Waals surface area contributed by atoms with Crippen molar-refractivity contribution in [3.05, 3.63) is 83.7 Å². The number of piperazine rings is 1. The van der Waals surface area contributed by atoms with E-state index in [4.69, 9.17) is 0 Å². The summed E-state index contributed by atoms with van der Waals surface area (Å²) in [7, 11) is 0. The quantitative estimate of drug-likeness (QED) is 0.642. The molecular weight excluding hydrogens is 424 g/mol. The maximum absolute atomic E-state index is 13.8. The lowest BCUT2D eigenvalue weighted by molar-refractivity contribution is -0.120. The summed E-state index contributed by atoms with van der Waals surface area (Å²) in [6.45, 7) is 7.57. The average molecular weight is 455 g/mol. The maximum Gasteiger partial charge on any atom is 0.241 e. The van der Waals surface area contributed by atoms with Crippen molar-refractivity contribution in [2.75, 3.05) is 31.1 Å². The predicted molar refractivity (Wildman–Crippen MR) is 131 cm³/mol. The van der Waals surface area contributed by atoms with Crippen molar-refractivity contribution in [3.8, 4) is 6.07 Å². The number of aromatic nitrogens is 2. The van der Waals surface area contributed by atoms with Gasteiger partial charge in [-0.3, -0.25) is 14.4 Å². The first-order valence-corrected chi connectivity index (χ1v) is 11.8. The third-order valence-electron chi connectivity index (χ3n) is 7.22. The average Bonchev–Trinajstić information content (AvgIpc) is 3.47. The molecule has 3 heterocycles. The molecule has 0 saturated carbocycles. The van der Waals surface area contributed by atoms with Gasteiger partial charge in [-0.2, -0.15) is 10.4 Å². The minimum atomic E-state index is -0.328. The van der Waals surface area contributed by atoms with Crippen molar-refractivity contribution < 1.29 is 4.79 Å². The fourth-order valence-corrected chi connectivity index (χ4v) is 5.34. The molecule has 1 N–H and O–H groups in total. The number of nitrogens with zero attached hydrogens (tertiary/aromatic N) is 5. The fourth-order valence-electron chi connectivity index (χ4n) is 5.34. The van der Waals surface area contributed by atoms with Gasteiger partial charge in [0.2, 0.25) is 5.91 Å². The van der Waals surface area contributed by atoms with Crippen molar-refractivity contribution >= 4 is 11.6 Å². The molecule has 3 atom stereocenters. The summed E-state index contributed by atoms with van der Waals surface area (Å²) < 4.78 is 1.93. The zero-order chi connectivity index (χ0) is 23.7. The Morgan fingerprint density at radius 2 is 2.06 bits per heavy atom. The van der Waals surface area contributed by atoms with Gasteiger partial charge in [0.25, 0.3) is 0 Å². The van der Waals surface area contributed by atoms with E-state index in [1.807, 2.05) is 58.2 Å². The number of carbonyl (C=O) groups excluding carboxylic acids is 1. The Kier molecular flexibility index (Phi) is 5.94. The van der Waals surface area contributed by atoms with Crippen LogP contribution >= 0.6 is 0 Å². The number of hydrogen-bond donors (Lipinski definition) is 1. The second kappa shape index (κ2) is 9.05. The lowest BCUT2D eigenvalue weighted by atomic mass is 9.78. The van der Waals surface area contributed by atoms with Crippen molar-refractivity contribution in [1.82, 2.24) is 20.0 Å². The Balaban J connectivity index is 1.43. The molecular formula is C27H30N6O. The number of rotatable bonds is 5. The first kappa shape index (κ1) is 22.3. The Morgan fingerprint density at radius 3 is 2.79 bits per heavy atom. The molecule has 2 aromatic carbocycles. The highest BCUT2D eigenvalue weighted by Gasteiger charge is 2.43. The molecule has 174 valence electrons. The number of benzene rings is 2. The highest BCUT2D eigenvalue weighted by atomic mass is 16.2. The van der Waals surface area contributed by atoms with Crippen LogP contribution in [-0.4, -0.2) is 58.9 Å². The maximum atomic E-state index is 13.8. The van der Waals surface area contributed by atoms with E-state index in [1.54, 1.807) is 6.20 Å². The van der Waals surface area contributed by atoms with Crippen LogP contribution in [0.1, 0.15) is 30.5 Å². The van der Waals surface area contributed by atoms with Crippen molar-refractivity contribution in [1.29, 1.82) is 5.26 Å². The van der Waals surface area contributed by atoms with Crippen LogP contribution in [0.2, 0.25) is 0 Å². The van der Waals surface area contributed by atoms with Crippen LogP contribution in [0.4, 0.5) is 5.69 Å². The largest absolute Gasteiger partial charge is 0.311 e. The summed E-state index contributed by atoms with van der Waals surface area (Å²) in [4.78, 5) is 18.0. The molecule has 0 aliphatic carbocycles. The molecule has 1 fully saturated rings. The molecule has 7 heteroatoms. The van der Waals surface area contributed by atoms with Gasteiger partial charge in [0.1, 0.15) is 0 Å². The second-order valence-electron chi connectivity index (χ2n) is 9.64. The third-order valence-corrected chi connectivity index (χ3v) is 7.22. The lowest BCUT2D eigenvalue weighted by Crippen LogP contribution is -2.59. The number of nitrogens with one attached hydrogen (secondary N) is 1. The van der Waals surface area contributed by atoms with Crippen LogP contribution in [-0.2, 0) is 16.8 Å². The van der Waals surface area contributed by atoms with Gasteiger partial charge in [-0.05, 0) is 43.2 Å². The lowest BCUT2D eigenvalue weighted by Gasteiger charge is -2.39. The van der Waals surface area contributed by atoms with Crippen LogP contribution in [0, 0.1) is 11.3 Å². The van der Waals surface area contributed by atoms with Crippen molar-refractivity contribution in [2.24, 2.45) is 0 Å². The number of hydrogen-bond acceptors (Lipinski definition) is 5. The van der Waals surface area contributed by atoms with Crippen LogP contribution in [0.25, 0.3) is 0 Å². The van der Waals surface area contributed by atoms with Crippen molar-refractivity contribution in [2.45, 2.75) is 37.9 Å². The number of fused-ring (bicyclic) bond motifs is 1. The van der Waals surface area contributed by atoms with E-state index in [-0.39, 0.29) is 17.4 Å². The first-order valence-electron chi connectivity index (χ1n) is 11.8. The van der Waals surface area contributed by atoms with E-state index < -0.39 is 0 Å². The molecule has 7 nitrogen and oxygen atoms in total. The topological polar surface area (TPSA) is 77.2 Å². The van der Waals surface area contributed by atoms with E-state index in [0.29, 0.717) is 24.7 Å². The van der Waals surface area contributed by atoms with Gasteiger partial charge in [0.05, 0.1) is 24.7 Å². The standard InChI is InChI=1S/C27H30N6O/c1-20-16-31(23(15-29-20)17-32-12-6-11-30-32)18-26(34)33-19-27(2,22-7-4-3-5-8-22)24-10-9-21(14-28)13-25(24)33/h3-13,20,23,29H,15-19H2,1-2H3/t20-,23-,27-/m1/s1. The number of amides is 1. The molecule has 2 aliphatic heterocycles. The summed E-state index contributed by atoms with van der Waals surface area (Å²) in [6.07, 6.45) is 3.75. The van der Waals surface area contributed by atoms with Crippen LogP contribution in [0.5, 0.6) is 0 Å². The van der Waals surface area contributed by atoms with E-state index in [1.165, 1.54) is 5.56 Å². The Morgan fingerprint density at radius 1 is 1.24 bits per heavy atom. The molecule has 2 aliphatic rings. The van der Waals surface area contributed by atoms with E-state index in [0.717, 1.165) is 30.9 Å². The van der Waals surface area contributed by atoms with Crippen LogP contribution in [0.15, 0.2) is 67.0 Å².